The first-order valence-corrected chi connectivity index (χ1v) is 9.36. The molecule has 2 aromatic carbocycles. The molecule has 4 rings (SSSR count). The first-order chi connectivity index (χ1) is 14.6. The van der Waals surface area contributed by atoms with E-state index in [1.54, 1.807) is 36.7 Å². The lowest BCUT2D eigenvalue weighted by molar-refractivity contribution is 0.0953. The van der Waals surface area contributed by atoms with Gasteiger partial charge < -0.3 is 20.7 Å². The molecule has 0 aliphatic carbocycles. The van der Waals surface area contributed by atoms with E-state index in [1.165, 1.54) is 12.3 Å². The Morgan fingerprint density at radius 2 is 1.90 bits per heavy atom. The fraction of sp³-hybridized carbons (Fsp3) is 0.0909. The maximum Gasteiger partial charge on any atom is 0.278 e. The van der Waals surface area contributed by atoms with Crippen molar-refractivity contribution in [3.8, 4) is 5.75 Å². The molecule has 0 spiro atoms. The Labute approximate surface area is 172 Å². The molecule has 8 heteroatoms. The molecular formula is C22H19N5O3. The number of hydrogen-bond acceptors (Lipinski definition) is 5. The number of nitrogens with zero attached hydrogens (tertiary/aromatic N) is 2. The number of aromatic amines is 1. The van der Waals surface area contributed by atoms with E-state index in [2.05, 4.69) is 25.6 Å². The number of anilines is 1. The predicted molar refractivity (Wildman–Crippen MR) is 112 cm³/mol. The smallest absolute Gasteiger partial charge is 0.278 e. The fourth-order valence-corrected chi connectivity index (χ4v) is 3.07. The number of H-pyrrole nitrogens is 1. The van der Waals surface area contributed by atoms with Gasteiger partial charge in [0.05, 0.1) is 17.4 Å². The van der Waals surface area contributed by atoms with Crippen LogP contribution in [0.3, 0.4) is 0 Å². The highest BCUT2D eigenvalue weighted by Gasteiger charge is 2.12. The first kappa shape index (κ1) is 19.1. The van der Waals surface area contributed by atoms with Gasteiger partial charge in [0.25, 0.3) is 11.8 Å². The van der Waals surface area contributed by atoms with Gasteiger partial charge >= 0.3 is 0 Å². The van der Waals surface area contributed by atoms with Crippen LogP contribution in [0.5, 0.6) is 5.75 Å². The lowest BCUT2D eigenvalue weighted by Crippen LogP contribution is -2.25. The van der Waals surface area contributed by atoms with E-state index in [0.717, 1.165) is 16.6 Å². The molecule has 0 bridgehead atoms. The maximum atomic E-state index is 12.4. The summed E-state index contributed by atoms with van der Waals surface area (Å²) in [6.07, 6.45) is 3.63. The van der Waals surface area contributed by atoms with Gasteiger partial charge in [-0.1, -0.05) is 12.1 Å². The van der Waals surface area contributed by atoms with Crippen LogP contribution in [0.4, 0.5) is 5.69 Å². The van der Waals surface area contributed by atoms with Crippen LogP contribution in [-0.4, -0.2) is 38.4 Å². The molecule has 0 aliphatic heterocycles. The van der Waals surface area contributed by atoms with E-state index in [4.69, 9.17) is 0 Å². The zero-order valence-corrected chi connectivity index (χ0v) is 15.9. The van der Waals surface area contributed by atoms with Crippen LogP contribution in [-0.2, 0) is 6.42 Å². The van der Waals surface area contributed by atoms with Gasteiger partial charge in [0, 0.05) is 24.0 Å². The number of aromatic hydroxyl groups is 1. The third kappa shape index (κ3) is 4.27. The Balaban J connectivity index is 1.34. The minimum Gasteiger partial charge on any atom is -0.505 e. The molecule has 0 fully saturated rings. The largest absolute Gasteiger partial charge is 0.505 e. The van der Waals surface area contributed by atoms with Crippen LogP contribution >= 0.6 is 0 Å². The topological polar surface area (TPSA) is 120 Å². The molecule has 2 heterocycles. The highest BCUT2D eigenvalue weighted by Crippen LogP contribution is 2.17. The van der Waals surface area contributed by atoms with Crippen LogP contribution in [0.2, 0.25) is 0 Å². The number of amides is 2. The molecule has 4 N–H and O–H groups in total. The minimum absolute atomic E-state index is 0.0376. The van der Waals surface area contributed by atoms with Crippen LogP contribution in [0.1, 0.15) is 26.4 Å². The molecule has 0 unspecified atom stereocenters. The van der Waals surface area contributed by atoms with Gasteiger partial charge in [0.1, 0.15) is 5.75 Å². The quantitative estimate of drug-likeness (QED) is 0.396. The van der Waals surface area contributed by atoms with Crippen LogP contribution in [0, 0.1) is 0 Å². The van der Waals surface area contributed by atoms with E-state index >= 15 is 0 Å². The highest BCUT2D eigenvalue weighted by molar-refractivity contribution is 6.04. The monoisotopic (exact) mass is 401 g/mol. The molecule has 0 atom stereocenters. The molecule has 2 aromatic heterocycles. The lowest BCUT2D eigenvalue weighted by atomic mass is 10.1. The summed E-state index contributed by atoms with van der Waals surface area (Å²) in [5.74, 6) is -0.837. The second-order valence-electron chi connectivity index (χ2n) is 6.67. The van der Waals surface area contributed by atoms with Gasteiger partial charge in [-0.05, 0) is 54.4 Å². The summed E-state index contributed by atoms with van der Waals surface area (Å²) < 4.78 is 0. The Bertz CT molecular complexity index is 1220. The summed E-state index contributed by atoms with van der Waals surface area (Å²) in [5.41, 5.74) is 3.67. The third-order valence-electron chi connectivity index (χ3n) is 4.57. The minimum atomic E-state index is -0.493. The summed E-state index contributed by atoms with van der Waals surface area (Å²) in [6.45, 7) is 0.443. The Kier molecular flexibility index (Phi) is 5.38. The summed E-state index contributed by atoms with van der Waals surface area (Å²) >= 11 is 0. The standard InChI is InChI=1S/C22H19N5O3/c28-19-5-2-9-23-20(19)22(30)27-16-4-1-3-14(11-16)8-10-24-21(29)15-6-7-17-18(12-15)26-13-25-17/h1-7,9,11-13,28H,8,10H2,(H,24,29)(H,25,26)(H,27,30). The van der Waals surface area contributed by atoms with Gasteiger partial charge in [-0.2, -0.15) is 0 Å². The number of fused-ring (bicyclic) bond motifs is 1. The van der Waals surface area contributed by atoms with Crippen molar-refractivity contribution in [1.29, 1.82) is 0 Å². The molecular weight excluding hydrogens is 382 g/mol. The molecule has 4 aromatic rings. The van der Waals surface area contributed by atoms with Crippen molar-refractivity contribution in [3.63, 3.8) is 0 Å². The average Bonchev–Trinajstić information content (AvgIpc) is 3.22. The molecule has 0 saturated heterocycles. The van der Waals surface area contributed by atoms with Gasteiger partial charge in [-0.3, -0.25) is 9.59 Å². The second kappa shape index (κ2) is 8.44. The number of pyridine rings is 1. The van der Waals surface area contributed by atoms with Crippen molar-refractivity contribution in [3.05, 3.63) is 83.9 Å². The number of hydrogen-bond donors (Lipinski definition) is 4. The number of imidazole rings is 1. The zero-order chi connectivity index (χ0) is 20.9. The van der Waals surface area contributed by atoms with E-state index in [0.29, 0.717) is 24.2 Å². The van der Waals surface area contributed by atoms with Gasteiger partial charge in [-0.15, -0.1) is 0 Å². The number of carbonyl (C=O) groups is 2. The number of benzene rings is 2. The Morgan fingerprint density at radius 3 is 2.77 bits per heavy atom. The summed E-state index contributed by atoms with van der Waals surface area (Å²) in [5, 5.41) is 15.4. The van der Waals surface area contributed by atoms with Crippen molar-refractivity contribution in [2.45, 2.75) is 6.42 Å². The van der Waals surface area contributed by atoms with Crippen molar-refractivity contribution in [2.75, 3.05) is 11.9 Å². The van der Waals surface area contributed by atoms with Gasteiger partial charge in [0.15, 0.2) is 5.69 Å². The fourth-order valence-electron chi connectivity index (χ4n) is 3.07. The van der Waals surface area contributed by atoms with Crippen LogP contribution in [0.25, 0.3) is 11.0 Å². The molecule has 2 amide bonds. The molecule has 30 heavy (non-hydrogen) atoms. The molecule has 0 saturated carbocycles. The van der Waals surface area contributed by atoms with Crippen LogP contribution < -0.4 is 10.6 Å². The number of aromatic nitrogens is 3. The SMILES string of the molecule is O=C(NCCc1cccc(NC(=O)c2ncccc2O)c1)c1ccc2nc[nH]c2c1. The number of nitrogens with one attached hydrogen (secondary N) is 3. The summed E-state index contributed by atoms with van der Waals surface area (Å²) in [4.78, 5) is 35.7. The molecule has 0 aliphatic rings. The average molecular weight is 401 g/mol. The van der Waals surface area contributed by atoms with E-state index in [1.807, 2.05) is 18.2 Å². The second-order valence-corrected chi connectivity index (χ2v) is 6.67. The number of carbonyl (C=O) groups excluding carboxylic acids is 2. The van der Waals surface area contributed by atoms with Crippen LogP contribution in [0.15, 0.2) is 67.1 Å². The van der Waals surface area contributed by atoms with Gasteiger partial charge in [0.2, 0.25) is 0 Å². The van der Waals surface area contributed by atoms with Crippen molar-refractivity contribution < 1.29 is 14.7 Å². The Morgan fingerprint density at radius 1 is 1.00 bits per heavy atom. The third-order valence-corrected chi connectivity index (χ3v) is 4.57. The summed E-state index contributed by atoms with van der Waals surface area (Å²) in [7, 11) is 0. The van der Waals surface area contributed by atoms with Gasteiger partial charge in [-0.25, -0.2) is 9.97 Å². The predicted octanol–water partition coefficient (Wildman–Crippen LogP) is 2.89. The summed E-state index contributed by atoms with van der Waals surface area (Å²) in [6, 6.07) is 15.6. The van der Waals surface area contributed by atoms with Crippen molar-refractivity contribution in [2.24, 2.45) is 0 Å². The highest BCUT2D eigenvalue weighted by atomic mass is 16.3. The maximum absolute atomic E-state index is 12.4. The first-order valence-electron chi connectivity index (χ1n) is 9.36. The number of rotatable bonds is 6. The van der Waals surface area contributed by atoms with Crippen molar-refractivity contribution >= 4 is 28.5 Å². The van der Waals surface area contributed by atoms with E-state index < -0.39 is 5.91 Å². The van der Waals surface area contributed by atoms with E-state index in [-0.39, 0.29) is 17.4 Å². The van der Waals surface area contributed by atoms with Crippen molar-refractivity contribution in [1.82, 2.24) is 20.3 Å². The molecule has 0 radical (unpaired) electrons. The molecule has 150 valence electrons. The normalized spacial score (nSPS) is 10.7. The van der Waals surface area contributed by atoms with E-state index in [9.17, 15) is 14.7 Å². The molecule has 8 nitrogen and oxygen atoms in total. The zero-order valence-electron chi connectivity index (χ0n) is 15.9. The lowest BCUT2D eigenvalue weighted by Gasteiger charge is -2.09. The Hall–Kier alpha value is -4.20.